The van der Waals surface area contributed by atoms with Crippen LogP contribution in [-0.2, 0) is 11.3 Å². The molecule has 1 aromatic heterocycles. The number of methoxy groups -OCH3 is 1. The topological polar surface area (TPSA) is 90.4 Å². The number of rotatable bonds is 7. The Morgan fingerprint density at radius 2 is 2.33 bits per heavy atom. The third kappa shape index (κ3) is 4.01. The van der Waals surface area contributed by atoms with E-state index in [4.69, 9.17) is 20.8 Å². The number of oxazole rings is 1. The van der Waals surface area contributed by atoms with Crippen LogP contribution in [-0.4, -0.2) is 30.2 Å². The van der Waals surface area contributed by atoms with Crippen LogP contribution in [0.5, 0.6) is 0 Å². The Morgan fingerprint density at radius 3 is 3.05 bits per heavy atom. The number of halogens is 1. The first-order chi connectivity index (χ1) is 10.1. The van der Waals surface area contributed by atoms with E-state index in [-0.39, 0.29) is 11.6 Å². The zero-order valence-electron chi connectivity index (χ0n) is 11.3. The maximum absolute atomic E-state index is 11.0. The zero-order chi connectivity index (χ0) is 15.2. The molecule has 0 atom stereocenters. The smallest absolute Gasteiger partial charge is 0.283 e. The predicted octanol–water partition coefficient (Wildman–Crippen LogP) is 2.64. The molecule has 2 aromatic rings. The van der Waals surface area contributed by atoms with Gasteiger partial charge in [0.25, 0.3) is 5.69 Å². The number of aromatic nitrogens is 1. The highest BCUT2D eigenvalue weighted by Crippen LogP contribution is 2.31. The zero-order valence-corrected chi connectivity index (χ0v) is 12.1. The van der Waals surface area contributed by atoms with E-state index in [0.29, 0.717) is 36.0 Å². The molecule has 0 aliphatic rings. The Morgan fingerprint density at radius 1 is 1.52 bits per heavy atom. The molecule has 0 amide bonds. The molecule has 21 heavy (non-hydrogen) atoms. The Bertz CT molecular complexity index is 630. The molecule has 112 valence electrons. The molecule has 8 heteroatoms. The molecular formula is C13H14ClN3O4. The van der Waals surface area contributed by atoms with Crippen LogP contribution in [0.1, 0.15) is 5.69 Å². The monoisotopic (exact) mass is 311 g/mol. The Balaban J connectivity index is 2.16. The minimum atomic E-state index is -0.512. The van der Waals surface area contributed by atoms with Crippen LogP contribution in [0.25, 0.3) is 11.5 Å². The first-order valence-electron chi connectivity index (χ1n) is 6.20. The first-order valence-corrected chi connectivity index (χ1v) is 6.58. The molecule has 2 rings (SSSR count). The maximum Gasteiger partial charge on any atom is 0.283 e. The van der Waals surface area contributed by atoms with Crippen molar-refractivity contribution in [3.8, 4) is 11.5 Å². The van der Waals surface area contributed by atoms with E-state index in [1.807, 2.05) is 0 Å². The molecule has 0 fully saturated rings. The summed E-state index contributed by atoms with van der Waals surface area (Å²) in [7, 11) is 1.62. The van der Waals surface area contributed by atoms with Crippen molar-refractivity contribution in [1.29, 1.82) is 0 Å². The molecule has 0 saturated heterocycles. The molecule has 0 aliphatic heterocycles. The number of nitrogens with zero attached hydrogens (tertiary/aromatic N) is 2. The van der Waals surface area contributed by atoms with Gasteiger partial charge in [0.05, 0.1) is 17.2 Å². The highest BCUT2D eigenvalue weighted by Gasteiger charge is 2.19. The summed E-state index contributed by atoms with van der Waals surface area (Å²) in [6.45, 7) is 1.77. The van der Waals surface area contributed by atoms with E-state index in [0.717, 1.165) is 0 Å². The summed E-state index contributed by atoms with van der Waals surface area (Å²) >= 11 is 5.77. The average molecular weight is 312 g/mol. The standard InChI is InChI=1S/C13H14ClN3O4/c1-20-5-4-15-7-10-8-21-13(16-10)11-3-2-9(14)6-12(11)17(18)19/h2-3,6,8,15H,4-5,7H2,1H3. The van der Waals surface area contributed by atoms with E-state index < -0.39 is 4.92 Å². The first kappa shape index (κ1) is 15.4. The van der Waals surface area contributed by atoms with Crippen LogP contribution in [0.3, 0.4) is 0 Å². The molecule has 1 N–H and O–H groups in total. The minimum absolute atomic E-state index is 0.136. The van der Waals surface area contributed by atoms with Crippen molar-refractivity contribution in [2.75, 3.05) is 20.3 Å². The summed E-state index contributed by atoms with van der Waals surface area (Å²) in [6, 6.07) is 4.36. The lowest BCUT2D eigenvalue weighted by Crippen LogP contribution is -2.18. The van der Waals surface area contributed by atoms with Gasteiger partial charge in [-0.05, 0) is 12.1 Å². The van der Waals surface area contributed by atoms with Gasteiger partial charge in [-0.25, -0.2) is 4.98 Å². The number of nitrogens with one attached hydrogen (secondary N) is 1. The van der Waals surface area contributed by atoms with Crippen LogP contribution >= 0.6 is 11.6 Å². The van der Waals surface area contributed by atoms with Gasteiger partial charge < -0.3 is 14.5 Å². The van der Waals surface area contributed by atoms with Crippen molar-refractivity contribution >= 4 is 17.3 Å². The van der Waals surface area contributed by atoms with Crippen LogP contribution in [0.15, 0.2) is 28.9 Å². The molecule has 0 aliphatic carbocycles. The van der Waals surface area contributed by atoms with Gasteiger partial charge in [0.15, 0.2) is 0 Å². The normalized spacial score (nSPS) is 10.8. The summed E-state index contributed by atoms with van der Waals surface area (Å²) in [4.78, 5) is 14.8. The SMILES string of the molecule is COCCNCc1coc(-c2ccc(Cl)cc2[N+](=O)[O-])n1. The summed E-state index contributed by atoms with van der Waals surface area (Å²) in [5.74, 6) is 0.196. The van der Waals surface area contributed by atoms with Crippen LogP contribution < -0.4 is 5.32 Å². The molecule has 1 heterocycles. The number of nitro groups is 1. The van der Waals surface area contributed by atoms with Gasteiger partial charge in [0.1, 0.15) is 11.8 Å². The summed E-state index contributed by atoms with van der Waals surface area (Å²) in [5.41, 5.74) is 0.820. The highest BCUT2D eigenvalue weighted by molar-refractivity contribution is 6.30. The van der Waals surface area contributed by atoms with Crippen molar-refractivity contribution < 1.29 is 14.1 Å². The van der Waals surface area contributed by atoms with E-state index in [1.54, 1.807) is 13.2 Å². The van der Waals surface area contributed by atoms with Crippen molar-refractivity contribution in [1.82, 2.24) is 10.3 Å². The lowest BCUT2D eigenvalue weighted by molar-refractivity contribution is -0.384. The summed E-state index contributed by atoms with van der Waals surface area (Å²) in [5, 5.41) is 14.5. The van der Waals surface area contributed by atoms with E-state index in [1.165, 1.54) is 18.4 Å². The average Bonchev–Trinajstić information content (AvgIpc) is 2.92. The molecular weight excluding hydrogens is 298 g/mol. The lowest BCUT2D eigenvalue weighted by atomic mass is 10.2. The molecule has 0 bridgehead atoms. The fourth-order valence-corrected chi connectivity index (χ4v) is 1.91. The van der Waals surface area contributed by atoms with Gasteiger partial charge >= 0.3 is 0 Å². The van der Waals surface area contributed by atoms with Crippen LogP contribution in [0.2, 0.25) is 5.02 Å². The maximum atomic E-state index is 11.0. The number of hydrogen-bond acceptors (Lipinski definition) is 6. The largest absolute Gasteiger partial charge is 0.444 e. The van der Waals surface area contributed by atoms with Crippen molar-refractivity contribution in [2.45, 2.75) is 6.54 Å². The molecule has 1 aromatic carbocycles. The quantitative estimate of drug-likeness (QED) is 0.480. The molecule has 0 spiro atoms. The van der Waals surface area contributed by atoms with Gasteiger partial charge in [-0.15, -0.1) is 0 Å². The second-order valence-electron chi connectivity index (χ2n) is 4.23. The number of hydrogen-bond donors (Lipinski definition) is 1. The minimum Gasteiger partial charge on any atom is -0.444 e. The van der Waals surface area contributed by atoms with E-state index >= 15 is 0 Å². The molecule has 0 saturated carbocycles. The second-order valence-corrected chi connectivity index (χ2v) is 4.67. The molecule has 7 nitrogen and oxygen atoms in total. The number of ether oxygens (including phenoxy) is 1. The Kier molecular flexibility index (Phi) is 5.26. The van der Waals surface area contributed by atoms with E-state index in [9.17, 15) is 10.1 Å². The lowest BCUT2D eigenvalue weighted by Gasteiger charge is -2.00. The van der Waals surface area contributed by atoms with Gasteiger partial charge in [0.2, 0.25) is 5.89 Å². The predicted molar refractivity (Wildman–Crippen MR) is 77.2 cm³/mol. The summed E-state index contributed by atoms with van der Waals surface area (Å²) in [6.07, 6.45) is 1.47. The third-order valence-electron chi connectivity index (χ3n) is 2.73. The Labute approximate surface area is 126 Å². The third-order valence-corrected chi connectivity index (χ3v) is 2.96. The van der Waals surface area contributed by atoms with Gasteiger partial charge in [-0.1, -0.05) is 11.6 Å². The second kappa shape index (κ2) is 7.16. The van der Waals surface area contributed by atoms with Crippen molar-refractivity contribution in [3.05, 3.63) is 45.3 Å². The van der Waals surface area contributed by atoms with Crippen molar-refractivity contribution in [2.24, 2.45) is 0 Å². The van der Waals surface area contributed by atoms with Crippen molar-refractivity contribution in [3.63, 3.8) is 0 Å². The fraction of sp³-hybridized carbons (Fsp3) is 0.308. The highest BCUT2D eigenvalue weighted by atomic mass is 35.5. The summed E-state index contributed by atoms with van der Waals surface area (Å²) < 4.78 is 10.2. The number of nitro benzene ring substituents is 1. The fourth-order valence-electron chi connectivity index (χ4n) is 1.74. The molecule has 0 unspecified atom stereocenters. The van der Waals surface area contributed by atoms with Gasteiger partial charge in [-0.3, -0.25) is 10.1 Å². The van der Waals surface area contributed by atoms with Crippen LogP contribution in [0, 0.1) is 10.1 Å². The van der Waals surface area contributed by atoms with Crippen LogP contribution in [0.4, 0.5) is 5.69 Å². The van der Waals surface area contributed by atoms with Gasteiger partial charge in [-0.2, -0.15) is 0 Å². The Hall–Kier alpha value is -1.96. The molecule has 0 radical (unpaired) electrons. The van der Waals surface area contributed by atoms with E-state index in [2.05, 4.69) is 10.3 Å². The van der Waals surface area contributed by atoms with Gasteiger partial charge in [0, 0.05) is 31.3 Å². The number of benzene rings is 1.